The molecule has 2 heterocycles. The number of nitrogens with one attached hydrogen (secondary N) is 1. The summed E-state index contributed by atoms with van der Waals surface area (Å²) in [6.07, 6.45) is 2.23. The third-order valence-corrected chi connectivity index (χ3v) is 4.22. The van der Waals surface area contributed by atoms with Gasteiger partial charge in [0.15, 0.2) is 0 Å². The van der Waals surface area contributed by atoms with Crippen LogP contribution >= 0.6 is 0 Å². The van der Waals surface area contributed by atoms with Crippen LogP contribution < -0.4 is 5.32 Å². The number of nitrogens with zero attached hydrogens (tertiary/aromatic N) is 1. The van der Waals surface area contributed by atoms with Crippen molar-refractivity contribution in [1.29, 1.82) is 0 Å². The Morgan fingerprint density at radius 1 is 1.30 bits per heavy atom. The fraction of sp³-hybridized carbons (Fsp3) is 0.562. The minimum atomic E-state index is 0.162. The Morgan fingerprint density at radius 2 is 2.05 bits per heavy atom. The molecule has 20 heavy (non-hydrogen) atoms. The summed E-state index contributed by atoms with van der Waals surface area (Å²) >= 11 is 0. The monoisotopic (exact) mass is 274 g/mol. The number of hydrogen-bond donors (Lipinski definition) is 1. The molecule has 0 bridgehead atoms. The van der Waals surface area contributed by atoms with Gasteiger partial charge in [0.1, 0.15) is 0 Å². The van der Waals surface area contributed by atoms with E-state index in [1.54, 1.807) is 0 Å². The highest BCUT2D eigenvalue weighted by Crippen LogP contribution is 2.20. The molecule has 0 atom stereocenters. The van der Waals surface area contributed by atoms with E-state index in [0.29, 0.717) is 6.10 Å². The Hall–Kier alpha value is -1.39. The molecule has 0 aromatic heterocycles. The van der Waals surface area contributed by atoms with E-state index in [-0.39, 0.29) is 5.91 Å². The van der Waals surface area contributed by atoms with E-state index in [2.05, 4.69) is 11.4 Å². The summed E-state index contributed by atoms with van der Waals surface area (Å²) in [7, 11) is 0. The van der Waals surface area contributed by atoms with Gasteiger partial charge in [0, 0.05) is 38.3 Å². The van der Waals surface area contributed by atoms with Gasteiger partial charge in [0.05, 0.1) is 6.10 Å². The molecule has 1 N–H and O–H groups in total. The number of benzene rings is 1. The van der Waals surface area contributed by atoms with Crippen LogP contribution in [0.5, 0.6) is 0 Å². The second-order valence-corrected chi connectivity index (χ2v) is 5.53. The van der Waals surface area contributed by atoms with Crippen molar-refractivity contribution < 1.29 is 9.53 Å². The van der Waals surface area contributed by atoms with E-state index >= 15 is 0 Å². The second-order valence-electron chi connectivity index (χ2n) is 5.53. The third kappa shape index (κ3) is 2.72. The van der Waals surface area contributed by atoms with Crippen molar-refractivity contribution in [2.24, 2.45) is 0 Å². The Balaban J connectivity index is 1.65. The molecule has 1 fully saturated rings. The minimum Gasteiger partial charge on any atom is -0.378 e. The largest absolute Gasteiger partial charge is 0.378 e. The summed E-state index contributed by atoms with van der Waals surface area (Å²) in [6, 6.07) is 6.09. The van der Waals surface area contributed by atoms with Crippen molar-refractivity contribution in [1.82, 2.24) is 10.2 Å². The number of carbonyl (C=O) groups excluding carboxylic acids is 1. The summed E-state index contributed by atoms with van der Waals surface area (Å²) in [5.41, 5.74) is 3.40. The molecule has 2 aliphatic rings. The number of carbonyl (C=O) groups is 1. The lowest BCUT2D eigenvalue weighted by Crippen LogP contribution is -2.40. The fourth-order valence-electron chi connectivity index (χ4n) is 3.07. The van der Waals surface area contributed by atoms with E-state index in [0.717, 1.165) is 51.2 Å². The Bertz CT molecular complexity index is 493. The number of rotatable bonds is 3. The van der Waals surface area contributed by atoms with E-state index in [1.807, 2.05) is 24.0 Å². The SMILES string of the molecule is CCOC1CCN(C(=O)c2ccc3c(c2)CNC3)CC1. The highest BCUT2D eigenvalue weighted by Gasteiger charge is 2.24. The fourth-order valence-corrected chi connectivity index (χ4v) is 3.07. The lowest BCUT2D eigenvalue weighted by molar-refractivity contribution is 0.0146. The van der Waals surface area contributed by atoms with Gasteiger partial charge in [-0.2, -0.15) is 0 Å². The van der Waals surface area contributed by atoms with Gasteiger partial charge < -0.3 is 15.0 Å². The second kappa shape index (κ2) is 5.94. The number of piperidine rings is 1. The van der Waals surface area contributed by atoms with Gasteiger partial charge in [-0.05, 0) is 43.0 Å². The van der Waals surface area contributed by atoms with Crippen molar-refractivity contribution in [3.63, 3.8) is 0 Å². The number of fused-ring (bicyclic) bond motifs is 1. The molecule has 3 rings (SSSR count). The maximum absolute atomic E-state index is 12.5. The van der Waals surface area contributed by atoms with Crippen molar-refractivity contribution in [2.45, 2.75) is 39.0 Å². The maximum atomic E-state index is 12.5. The van der Waals surface area contributed by atoms with Gasteiger partial charge >= 0.3 is 0 Å². The van der Waals surface area contributed by atoms with Crippen LogP contribution in [0.2, 0.25) is 0 Å². The molecule has 108 valence electrons. The Morgan fingerprint density at radius 3 is 2.80 bits per heavy atom. The quantitative estimate of drug-likeness (QED) is 0.915. The average Bonchev–Trinajstić information content (AvgIpc) is 2.95. The van der Waals surface area contributed by atoms with Gasteiger partial charge in [0.2, 0.25) is 0 Å². The van der Waals surface area contributed by atoms with Crippen molar-refractivity contribution in [3.8, 4) is 0 Å². The lowest BCUT2D eigenvalue weighted by Gasteiger charge is -2.31. The lowest BCUT2D eigenvalue weighted by atomic mass is 10.0. The molecule has 4 nitrogen and oxygen atoms in total. The van der Waals surface area contributed by atoms with E-state index in [4.69, 9.17) is 4.74 Å². The minimum absolute atomic E-state index is 0.162. The van der Waals surface area contributed by atoms with Crippen LogP contribution in [0.4, 0.5) is 0 Å². The normalized spacial score (nSPS) is 19.1. The topological polar surface area (TPSA) is 41.6 Å². The number of ether oxygens (including phenoxy) is 1. The summed E-state index contributed by atoms with van der Waals surface area (Å²) in [5.74, 6) is 0.162. The van der Waals surface area contributed by atoms with E-state index in [1.165, 1.54) is 11.1 Å². The highest BCUT2D eigenvalue weighted by atomic mass is 16.5. The van der Waals surface area contributed by atoms with Crippen molar-refractivity contribution in [2.75, 3.05) is 19.7 Å². The molecule has 1 saturated heterocycles. The first-order valence-electron chi connectivity index (χ1n) is 7.51. The van der Waals surface area contributed by atoms with Crippen LogP contribution in [0.1, 0.15) is 41.3 Å². The summed E-state index contributed by atoms with van der Waals surface area (Å²) in [4.78, 5) is 14.5. The van der Waals surface area contributed by atoms with Gasteiger partial charge in [-0.3, -0.25) is 4.79 Å². The maximum Gasteiger partial charge on any atom is 0.253 e. The summed E-state index contributed by atoms with van der Waals surface area (Å²) in [5, 5.41) is 3.31. The first kappa shape index (κ1) is 13.6. The Labute approximate surface area is 120 Å². The van der Waals surface area contributed by atoms with Crippen molar-refractivity contribution in [3.05, 3.63) is 34.9 Å². The van der Waals surface area contributed by atoms with Gasteiger partial charge in [0.25, 0.3) is 5.91 Å². The first-order chi connectivity index (χ1) is 9.78. The molecule has 0 radical (unpaired) electrons. The molecule has 4 heteroatoms. The number of hydrogen-bond acceptors (Lipinski definition) is 3. The zero-order chi connectivity index (χ0) is 13.9. The Kier molecular flexibility index (Phi) is 4.03. The third-order valence-electron chi connectivity index (χ3n) is 4.22. The molecule has 2 aliphatic heterocycles. The van der Waals surface area contributed by atoms with E-state index in [9.17, 15) is 4.79 Å². The molecule has 0 spiro atoms. The van der Waals surface area contributed by atoms with Crippen LogP contribution in [0.25, 0.3) is 0 Å². The van der Waals surface area contributed by atoms with Crippen molar-refractivity contribution >= 4 is 5.91 Å². The van der Waals surface area contributed by atoms with Crippen LogP contribution in [-0.4, -0.2) is 36.6 Å². The van der Waals surface area contributed by atoms with Crippen LogP contribution in [-0.2, 0) is 17.8 Å². The number of amides is 1. The van der Waals surface area contributed by atoms with Gasteiger partial charge in [-0.25, -0.2) is 0 Å². The zero-order valence-electron chi connectivity index (χ0n) is 12.0. The van der Waals surface area contributed by atoms with Gasteiger partial charge in [-0.1, -0.05) is 6.07 Å². The summed E-state index contributed by atoms with van der Waals surface area (Å²) in [6.45, 7) is 6.19. The first-order valence-corrected chi connectivity index (χ1v) is 7.51. The molecule has 0 aliphatic carbocycles. The van der Waals surface area contributed by atoms with Gasteiger partial charge in [-0.15, -0.1) is 0 Å². The molecule has 0 unspecified atom stereocenters. The molecular formula is C16H22N2O2. The van der Waals surface area contributed by atoms with E-state index < -0.39 is 0 Å². The molecule has 1 amide bonds. The van der Waals surface area contributed by atoms with Crippen LogP contribution in [0, 0.1) is 0 Å². The summed E-state index contributed by atoms with van der Waals surface area (Å²) < 4.78 is 5.63. The predicted octanol–water partition coefficient (Wildman–Crippen LogP) is 1.93. The van der Waals surface area contributed by atoms with Crippen LogP contribution in [0.15, 0.2) is 18.2 Å². The zero-order valence-corrected chi connectivity index (χ0v) is 12.0. The number of likely N-dealkylation sites (tertiary alicyclic amines) is 1. The smallest absolute Gasteiger partial charge is 0.253 e. The standard InChI is InChI=1S/C16H22N2O2/c1-2-20-15-5-7-18(8-6-15)16(19)12-3-4-13-10-17-11-14(13)9-12/h3-4,9,15,17H,2,5-8,10-11H2,1H3. The molecule has 1 aromatic carbocycles. The predicted molar refractivity (Wildman–Crippen MR) is 77.5 cm³/mol. The highest BCUT2D eigenvalue weighted by molar-refractivity contribution is 5.94. The molecule has 1 aromatic rings. The average molecular weight is 274 g/mol. The molecule has 0 saturated carbocycles. The molecular weight excluding hydrogens is 252 g/mol. The van der Waals surface area contributed by atoms with Crippen LogP contribution in [0.3, 0.4) is 0 Å².